The molecule has 4 rings (SSSR count). The summed E-state index contributed by atoms with van der Waals surface area (Å²) < 4.78 is 5.26. The number of piperazine rings is 1. The molecule has 3 heterocycles. The number of H-pyrrole nitrogens is 1. The van der Waals surface area contributed by atoms with Crippen LogP contribution in [-0.2, 0) is 14.3 Å². The van der Waals surface area contributed by atoms with Crippen LogP contribution in [-0.4, -0.2) is 88.3 Å². The number of hydrogen-bond acceptors (Lipinski definition) is 6. The zero-order valence-electron chi connectivity index (χ0n) is 17.6. The Morgan fingerprint density at radius 2 is 1.93 bits per heavy atom. The second-order valence-electron chi connectivity index (χ2n) is 8.10. The number of amides is 2. The first kappa shape index (κ1) is 20.4. The van der Waals surface area contributed by atoms with Gasteiger partial charge in [0.1, 0.15) is 11.3 Å². The third-order valence-corrected chi connectivity index (χ3v) is 6.48. The summed E-state index contributed by atoms with van der Waals surface area (Å²) in [6.07, 6.45) is 7.10. The van der Waals surface area contributed by atoms with Crippen LogP contribution in [0.25, 0.3) is 0 Å². The minimum atomic E-state index is -0.538. The van der Waals surface area contributed by atoms with Crippen molar-refractivity contribution in [3.8, 4) is 0 Å². The molecule has 9 heteroatoms. The number of fused-ring (bicyclic) bond motifs is 1. The maximum atomic E-state index is 13.1. The molecule has 2 unspecified atom stereocenters. The zero-order chi connectivity index (χ0) is 21.3. The van der Waals surface area contributed by atoms with E-state index in [1.165, 1.54) is 12.5 Å². The summed E-state index contributed by atoms with van der Waals surface area (Å²) in [5.41, 5.74) is 1.47. The molecule has 3 aliphatic rings. The lowest BCUT2D eigenvalue weighted by molar-refractivity contribution is -0.144. The fourth-order valence-corrected chi connectivity index (χ4v) is 5.00. The summed E-state index contributed by atoms with van der Waals surface area (Å²) in [6, 6.07) is 0.115. The lowest BCUT2D eigenvalue weighted by atomic mass is 9.76. The molecule has 0 aromatic carbocycles. The van der Waals surface area contributed by atoms with Crippen molar-refractivity contribution in [3.63, 3.8) is 0 Å². The normalized spacial score (nSPS) is 24.7. The molecule has 1 aromatic heterocycles. The predicted octanol–water partition coefficient (Wildman–Crippen LogP) is 1.02. The Labute approximate surface area is 176 Å². The Morgan fingerprint density at radius 3 is 2.60 bits per heavy atom. The number of aromatic nitrogens is 2. The third-order valence-electron chi connectivity index (χ3n) is 6.48. The van der Waals surface area contributed by atoms with Crippen molar-refractivity contribution in [1.82, 2.24) is 24.7 Å². The van der Waals surface area contributed by atoms with Gasteiger partial charge in [-0.1, -0.05) is 12.8 Å². The minimum absolute atomic E-state index is 0.0817. The maximum absolute atomic E-state index is 13.1. The van der Waals surface area contributed by atoms with Crippen molar-refractivity contribution in [3.05, 3.63) is 29.5 Å². The molecule has 0 bridgehead atoms. The standard InChI is InChI=1S/C21H29N5O4/c1-3-30-21(29)17-18(14-6-4-5-7-16(14)24(2)20(17)28)25-8-10-26(11-9-25)19(27)15-12-22-13-23-15/h12-14,16H,3-11H2,1-2H3,(H,22,23). The highest BCUT2D eigenvalue weighted by Crippen LogP contribution is 2.40. The van der Waals surface area contributed by atoms with Gasteiger partial charge in [0.15, 0.2) is 0 Å². The average molecular weight is 415 g/mol. The van der Waals surface area contributed by atoms with E-state index in [2.05, 4.69) is 14.9 Å². The van der Waals surface area contributed by atoms with Gasteiger partial charge in [0, 0.05) is 50.9 Å². The van der Waals surface area contributed by atoms with Gasteiger partial charge in [-0.25, -0.2) is 9.78 Å². The molecule has 2 atom stereocenters. The minimum Gasteiger partial charge on any atom is -0.462 e. The van der Waals surface area contributed by atoms with Gasteiger partial charge in [-0.2, -0.15) is 0 Å². The molecule has 9 nitrogen and oxygen atoms in total. The number of nitrogens with zero attached hydrogens (tertiary/aromatic N) is 4. The van der Waals surface area contributed by atoms with Crippen LogP contribution in [0.2, 0.25) is 0 Å². The fraction of sp³-hybridized carbons (Fsp3) is 0.619. The summed E-state index contributed by atoms with van der Waals surface area (Å²) in [4.78, 5) is 51.0. The van der Waals surface area contributed by atoms with Crippen LogP contribution in [0.15, 0.2) is 23.8 Å². The van der Waals surface area contributed by atoms with E-state index >= 15 is 0 Å². The van der Waals surface area contributed by atoms with Crippen LogP contribution in [0.1, 0.15) is 43.1 Å². The van der Waals surface area contributed by atoms with Crippen molar-refractivity contribution < 1.29 is 19.1 Å². The van der Waals surface area contributed by atoms with E-state index in [9.17, 15) is 14.4 Å². The summed E-state index contributed by atoms with van der Waals surface area (Å²) in [7, 11) is 1.79. The Morgan fingerprint density at radius 1 is 1.20 bits per heavy atom. The molecule has 1 aliphatic carbocycles. The van der Waals surface area contributed by atoms with Crippen LogP contribution in [0.4, 0.5) is 0 Å². The number of rotatable bonds is 4. The van der Waals surface area contributed by atoms with Gasteiger partial charge < -0.3 is 24.4 Å². The first-order chi connectivity index (χ1) is 14.5. The Hall–Kier alpha value is -2.84. The summed E-state index contributed by atoms with van der Waals surface area (Å²) in [6.45, 7) is 4.19. The predicted molar refractivity (Wildman–Crippen MR) is 108 cm³/mol. The topological polar surface area (TPSA) is 98.8 Å². The van der Waals surface area contributed by atoms with Crippen LogP contribution in [0, 0.1) is 5.92 Å². The lowest BCUT2D eigenvalue weighted by Crippen LogP contribution is -2.56. The monoisotopic (exact) mass is 415 g/mol. The number of ether oxygens (including phenoxy) is 1. The van der Waals surface area contributed by atoms with Crippen molar-refractivity contribution in [2.45, 2.75) is 38.6 Å². The van der Waals surface area contributed by atoms with Crippen molar-refractivity contribution in [1.29, 1.82) is 0 Å². The molecule has 2 aliphatic heterocycles. The van der Waals surface area contributed by atoms with Crippen LogP contribution in [0.3, 0.4) is 0 Å². The highest BCUT2D eigenvalue weighted by Gasteiger charge is 2.46. The van der Waals surface area contributed by atoms with Crippen molar-refractivity contribution >= 4 is 17.8 Å². The largest absolute Gasteiger partial charge is 0.462 e. The maximum Gasteiger partial charge on any atom is 0.345 e. The number of carbonyl (C=O) groups is 3. The molecule has 0 spiro atoms. The number of imidazole rings is 1. The zero-order valence-corrected chi connectivity index (χ0v) is 17.6. The molecular weight excluding hydrogens is 386 g/mol. The second kappa shape index (κ2) is 8.49. The summed E-state index contributed by atoms with van der Waals surface area (Å²) in [5, 5.41) is 0. The van der Waals surface area contributed by atoms with E-state index in [0.717, 1.165) is 31.4 Å². The van der Waals surface area contributed by atoms with Gasteiger partial charge >= 0.3 is 5.97 Å². The van der Waals surface area contributed by atoms with Gasteiger partial charge in [0.2, 0.25) is 0 Å². The molecule has 0 radical (unpaired) electrons. The number of hydrogen-bond donors (Lipinski definition) is 1. The van der Waals surface area contributed by atoms with E-state index < -0.39 is 5.97 Å². The average Bonchev–Trinajstić information content (AvgIpc) is 3.31. The highest BCUT2D eigenvalue weighted by atomic mass is 16.5. The van der Waals surface area contributed by atoms with Crippen LogP contribution in [0.5, 0.6) is 0 Å². The summed E-state index contributed by atoms with van der Waals surface area (Å²) in [5.74, 6) is -0.732. The third kappa shape index (κ3) is 3.57. The second-order valence-corrected chi connectivity index (χ2v) is 8.10. The van der Waals surface area contributed by atoms with Gasteiger partial charge in [0.25, 0.3) is 11.8 Å². The van der Waals surface area contributed by atoms with E-state index in [1.54, 1.807) is 23.8 Å². The SMILES string of the molecule is CCOC(=O)C1=C(N2CCN(C(=O)c3cnc[nH]3)CC2)C2CCCCC2N(C)C1=O. The molecule has 2 amide bonds. The van der Waals surface area contributed by atoms with Crippen LogP contribution < -0.4 is 0 Å². The Bertz CT molecular complexity index is 842. The summed E-state index contributed by atoms with van der Waals surface area (Å²) >= 11 is 0. The number of nitrogens with one attached hydrogen (secondary N) is 1. The molecule has 162 valence electrons. The Kier molecular flexibility index (Phi) is 5.78. The van der Waals surface area contributed by atoms with Gasteiger partial charge in [-0.05, 0) is 19.8 Å². The quantitative estimate of drug-likeness (QED) is 0.582. The first-order valence-electron chi connectivity index (χ1n) is 10.7. The lowest BCUT2D eigenvalue weighted by Gasteiger charge is -2.48. The molecule has 2 fully saturated rings. The molecule has 1 N–H and O–H groups in total. The molecule has 1 aromatic rings. The number of esters is 1. The van der Waals surface area contributed by atoms with E-state index in [0.29, 0.717) is 31.9 Å². The van der Waals surface area contributed by atoms with E-state index in [1.807, 2.05) is 0 Å². The van der Waals surface area contributed by atoms with Crippen molar-refractivity contribution in [2.24, 2.45) is 5.92 Å². The number of aromatic amines is 1. The molecule has 30 heavy (non-hydrogen) atoms. The van der Waals surface area contributed by atoms with Crippen molar-refractivity contribution in [2.75, 3.05) is 39.8 Å². The number of likely N-dealkylation sites (N-methyl/N-ethyl adjacent to an activating group) is 1. The van der Waals surface area contributed by atoms with Gasteiger partial charge in [0.05, 0.1) is 19.1 Å². The highest BCUT2D eigenvalue weighted by molar-refractivity contribution is 6.17. The van der Waals surface area contributed by atoms with Gasteiger partial charge in [-0.15, -0.1) is 0 Å². The fourth-order valence-electron chi connectivity index (χ4n) is 5.00. The molecule has 1 saturated carbocycles. The first-order valence-corrected chi connectivity index (χ1v) is 10.7. The van der Waals surface area contributed by atoms with E-state index in [-0.39, 0.29) is 36.0 Å². The molecule has 1 saturated heterocycles. The van der Waals surface area contributed by atoms with Crippen LogP contribution >= 0.6 is 0 Å². The molecular formula is C21H29N5O4. The Balaban J connectivity index is 1.61. The van der Waals surface area contributed by atoms with Gasteiger partial charge in [-0.3, -0.25) is 9.59 Å². The number of carbonyl (C=O) groups excluding carboxylic acids is 3. The smallest absolute Gasteiger partial charge is 0.345 e. The van der Waals surface area contributed by atoms with E-state index in [4.69, 9.17) is 4.74 Å².